The molecule has 2 fully saturated rings. The quantitative estimate of drug-likeness (QED) is 0.653. The second-order valence-corrected chi connectivity index (χ2v) is 9.65. The summed E-state index contributed by atoms with van der Waals surface area (Å²) in [5.41, 5.74) is 2.55. The van der Waals surface area contributed by atoms with Crippen LogP contribution in [0.1, 0.15) is 44.0 Å². The van der Waals surface area contributed by atoms with Crippen molar-refractivity contribution < 1.29 is 9.53 Å². The molecular formula is C21H33N7O2S. The molecule has 2 aromatic rings. The van der Waals surface area contributed by atoms with Crippen molar-refractivity contribution in [3.05, 3.63) is 11.4 Å². The summed E-state index contributed by atoms with van der Waals surface area (Å²) >= 11 is 1.43. The van der Waals surface area contributed by atoms with E-state index in [-0.39, 0.29) is 17.8 Å². The largest absolute Gasteiger partial charge is 0.376 e. The molecule has 1 unspecified atom stereocenters. The highest BCUT2D eigenvalue weighted by molar-refractivity contribution is 7.99. The molecular weight excluding hydrogens is 414 g/mol. The minimum atomic E-state index is -0.0655. The highest BCUT2D eigenvalue weighted by atomic mass is 32.2. The summed E-state index contributed by atoms with van der Waals surface area (Å²) in [6.07, 6.45) is 4.67. The number of aromatic nitrogens is 5. The first kappa shape index (κ1) is 22.1. The maximum Gasteiger partial charge on any atom is 0.234 e. The van der Waals surface area contributed by atoms with E-state index in [1.54, 1.807) is 4.68 Å². The molecule has 4 heterocycles. The molecule has 10 heteroatoms. The molecule has 2 saturated heterocycles. The third-order valence-electron chi connectivity index (χ3n) is 6.28. The highest BCUT2D eigenvalue weighted by Gasteiger charge is 2.26. The number of carbonyl (C=O) groups excluding carboxylic acids is 1. The number of aryl methyl sites for hydroxylation is 2. The first-order valence-corrected chi connectivity index (χ1v) is 12.1. The van der Waals surface area contributed by atoms with Crippen LogP contribution in [0.3, 0.4) is 0 Å². The molecule has 0 bridgehead atoms. The van der Waals surface area contributed by atoms with Crippen molar-refractivity contribution in [3.8, 4) is 0 Å². The number of carbonyl (C=O) groups is 1. The van der Waals surface area contributed by atoms with Crippen LogP contribution in [0.15, 0.2) is 5.16 Å². The first-order valence-electron chi connectivity index (χ1n) is 11.1. The zero-order valence-corrected chi connectivity index (χ0v) is 19.7. The van der Waals surface area contributed by atoms with Crippen LogP contribution >= 0.6 is 11.8 Å². The van der Waals surface area contributed by atoms with Crippen molar-refractivity contribution >= 4 is 29.3 Å². The van der Waals surface area contributed by atoms with Crippen molar-refractivity contribution in [3.63, 3.8) is 0 Å². The van der Waals surface area contributed by atoms with Gasteiger partial charge in [-0.2, -0.15) is 5.10 Å². The number of nitrogens with one attached hydrogen (secondary N) is 1. The Kier molecular flexibility index (Phi) is 6.86. The normalized spacial score (nSPS) is 19.9. The van der Waals surface area contributed by atoms with Crippen molar-refractivity contribution in [2.24, 2.45) is 13.0 Å². The zero-order valence-electron chi connectivity index (χ0n) is 18.9. The Morgan fingerprint density at radius 2 is 2.00 bits per heavy atom. The van der Waals surface area contributed by atoms with Crippen LogP contribution in [0.25, 0.3) is 0 Å². The van der Waals surface area contributed by atoms with Gasteiger partial charge in [-0.05, 0) is 45.4 Å². The second kappa shape index (κ2) is 9.60. The Bertz CT molecular complexity index is 911. The average molecular weight is 448 g/mol. The molecule has 31 heavy (non-hydrogen) atoms. The second-order valence-electron chi connectivity index (χ2n) is 8.70. The van der Waals surface area contributed by atoms with Gasteiger partial charge in [0, 0.05) is 26.7 Å². The van der Waals surface area contributed by atoms with Crippen LogP contribution in [0.4, 0.5) is 11.6 Å². The molecule has 170 valence electrons. The molecule has 0 radical (unpaired) electrons. The fraction of sp³-hybridized carbons (Fsp3) is 0.714. The lowest BCUT2D eigenvalue weighted by Crippen LogP contribution is -2.35. The monoisotopic (exact) mass is 447 g/mol. The van der Waals surface area contributed by atoms with Gasteiger partial charge in [0.2, 0.25) is 11.9 Å². The van der Waals surface area contributed by atoms with Gasteiger partial charge in [0.05, 0.1) is 35.5 Å². The van der Waals surface area contributed by atoms with Crippen LogP contribution in [0, 0.1) is 19.8 Å². The van der Waals surface area contributed by atoms with E-state index in [1.165, 1.54) is 24.6 Å². The number of amides is 1. The number of rotatable bonds is 7. The predicted octanol–water partition coefficient (Wildman–Crippen LogP) is 2.77. The summed E-state index contributed by atoms with van der Waals surface area (Å²) in [6, 6.07) is 0. The minimum Gasteiger partial charge on any atom is -0.376 e. The van der Waals surface area contributed by atoms with Gasteiger partial charge in [-0.1, -0.05) is 18.7 Å². The van der Waals surface area contributed by atoms with Gasteiger partial charge in [0.1, 0.15) is 0 Å². The molecule has 0 spiro atoms. The SMILES string of the molecule is Cc1nn(C)c(C)c1NC(=O)CSc1nnc(N2CCC(C)CC2)n1CC1CCCO1. The molecule has 0 aromatic carbocycles. The Labute approximate surface area is 187 Å². The third-order valence-corrected chi connectivity index (χ3v) is 7.25. The summed E-state index contributed by atoms with van der Waals surface area (Å²) in [5, 5.41) is 17.1. The smallest absolute Gasteiger partial charge is 0.234 e. The van der Waals surface area contributed by atoms with Crippen molar-refractivity contribution in [2.45, 2.75) is 64.3 Å². The van der Waals surface area contributed by atoms with Gasteiger partial charge >= 0.3 is 0 Å². The van der Waals surface area contributed by atoms with Gasteiger partial charge in [-0.3, -0.25) is 14.0 Å². The van der Waals surface area contributed by atoms with Gasteiger partial charge < -0.3 is 15.0 Å². The van der Waals surface area contributed by atoms with Gasteiger partial charge in [0.25, 0.3) is 0 Å². The van der Waals surface area contributed by atoms with E-state index >= 15 is 0 Å². The highest BCUT2D eigenvalue weighted by Crippen LogP contribution is 2.28. The molecule has 0 aliphatic carbocycles. The number of hydrogen-bond acceptors (Lipinski definition) is 7. The molecule has 2 aliphatic rings. The lowest BCUT2D eigenvalue weighted by molar-refractivity contribution is -0.113. The lowest BCUT2D eigenvalue weighted by Gasteiger charge is -2.31. The Morgan fingerprint density at radius 1 is 1.23 bits per heavy atom. The van der Waals surface area contributed by atoms with Crippen molar-refractivity contribution in [2.75, 3.05) is 35.7 Å². The van der Waals surface area contributed by atoms with Crippen LogP contribution < -0.4 is 10.2 Å². The third kappa shape index (κ3) is 5.06. The molecule has 1 atom stereocenters. The molecule has 0 saturated carbocycles. The molecule has 1 N–H and O–H groups in total. The Morgan fingerprint density at radius 3 is 2.65 bits per heavy atom. The summed E-state index contributed by atoms with van der Waals surface area (Å²) in [5.74, 6) is 1.87. The van der Waals surface area contributed by atoms with Crippen LogP contribution in [0.2, 0.25) is 0 Å². The molecule has 2 aromatic heterocycles. The van der Waals surface area contributed by atoms with E-state index in [2.05, 4.69) is 37.0 Å². The average Bonchev–Trinajstić information content (AvgIpc) is 3.45. The number of ether oxygens (including phenoxy) is 1. The van der Waals surface area contributed by atoms with E-state index in [0.29, 0.717) is 0 Å². The molecule has 1 amide bonds. The Balaban J connectivity index is 1.45. The maximum absolute atomic E-state index is 12.6. The molecule has 9 nitrogen and oxygen atoms in total. The van der Waals surface area contributed by atoms with E-state index in [1.807, 2.05) is 20.9 Å². The molecule has 2 aliphatic heterocycles. The first-order chi connectivity index (χ1) is 14.9. The van der Waals surface area contributed by atoms with E-state index < -0.39 is 0 Å². The Hall–Kier alpha value is -2.07. The fourth-order valence-corrected chi connectivity index (χ4v) is 4.99. The number of anilines is 2. The zero-order chi connectivity index (χ0) is 22.0. The topological polar surface area (TPSA) is 90.1 Å². The van der Waals surface area contributed by atoms with Crippen LogP contribution in [-0.2, 0) is 23.1 Å². The number of thioether (sulfide) groups is 1. The van der Waals surface area contributed by atoms with E-state index in [9.17, 15) is 4.79 Å². The van der Waals surface area contributed by atoms with Crippen molar-refractivity contribution in [1.29, 1.82) is 0 Å². The molecule has 4 rings (SSSR count). The lowest BCUT2D eigenvalue weighted by atomic mass is 10.00. The van der Waals surface area contributed by atoms with Crippen molar-refractivity contribution in [1.82, 2.24) is 24.5 Å². The fourth-order valence-electron chi connectivity index (χ4n) is 4.24. The van der Waals surface area contributed by atoms with Crippen LogP contribution in [-0.4, -0.2) is 62.0 Å². The summed E-state index contributed by atoms with van der Waals surface area (Å²) in [6.45, 7) is 9.70. The van der Waals surface area contributed by atoms with Gasteiger partial charge in [-0.25, -0.2) is 0 Å². The van der Waals surface area contributed by atoms with Gasteiger partial charge in [-0.15, -0.1) is 10.2 Å². The summed E-state index contributed by atoms with van der Waals surface area (Å²) in [7, 11) is 1.88. The van der Waals surface area contributed by atoms with E-state index in [4.69, 9.17) is 4.74 Å². The minimum absolute atomic E-state index is 0.0655. The number of hydrogen-bond donors (Lipinski definition) is 1. The number of nitrogens with zero attached hydrogens (tertiary/aromatic N) is 6. The predicted molar refractivity (Wildman–Crippen MR) is 122 cm³/mol. The standard InChI is InChI=1S/C21H33N7O2S/c1-14-7-9-27(10-8-14)20-23-24-21(28(20)12-17-6-5-11-30-17)31-13-18(29)22-19-15(2)25-26(4)16(19)3/h14,17H,5-13H2,1-4H3,(H,22,29). The summed E-state index contributed by atoms with van der Waals surface area (Å²) in [4.78, 5) is 15.0. The number of piperidine rings is 1. The summed E-state index contributed by atoms with van der Waals surface area (Å²) < 4.78 is 9.82. The maximum atomic E-state index is 12.6. The van der Waals surface area contributed by atoms with Gasteiger partial charge in [0.15, 0.2) is 5.16 Å². The van der Waals surface area contributed by atoms with Crippen LogP contribution in [0.5, 0.6) is 0 Å². The van der Waals surface area contributed by atoms with E-state index in [0.717, 1.165) is 73.2 Å².